The molecule has 5 aliphatic carbocycles. The SMILES string of the molecule is CC1(C)CC[C@]2(C(=O)O[C@@H]3O[C@H](CO)[C@@H](O)[C@H](O)[C@H]3O)[C@H](O)C[C@]3(C)C(=CC[C@@H]4[C@@]5(C)CC[C@@H](O[C@@H]6O[C@H](C(=O)O)[C@@H](O[C@@H]7OC[C@@H](O)[C@H](O)[C@H]7O)[C@H](O)[C@H]6O)C(C)(C)[C@@H]5CC[C@]43C)[C@H]2C1. The van der Waals surface area contributed by atoms with Gasteiger partial charge in [0.2, 0.25) is 6.29 Å². The van der Waals surface area contributed by atoms with Gasteiger partial charge in [-0.25, -0.2) is 4.79 Å². The summed E-state index contributed by atoms with van der Waals surface area (Å²) < 4.78 is 34.7. The summed E-state index contributed by atoms with van der Waals surface area (Å²) in [4.78, 5) is 27.2. The molecule has 376 valence electrons. The van der Waals surface area contributed by atoms with Gasteiger partial charge < -0.3 is 84.6 Å². The molecule has 3 heterocycles. The maximum Gasteiger partial charge on any atom is 0.335 e. The normalized spacial score (nSPS) is 53.2. The topological polar surface area (TPSA) is 312 Å². The van der Waals surface area contributed by atoms with Crippen LogP contribution in [-0.2, 0) is 38.0 Å². The molecule has 7 fully saturated rings. The van der Waals surface area contributed by atoms with Crippen LogP contribution in [-0.4, -0.2) is 180 Å². The Morgan fingerprint density at radius 1 is 0.712 bits per heavy atom. The van der Waals surface area contributed by atoms with Gasteiger partial charge in [0.15, 0.2) is 18.7 Å². The number of aliphatic carboxylic acids is 1. The first-order chi connectivity index (χ1) is 30.7. The fraction of sp³-hybridized carbons (Fsp3) is 0.915. The zero-order chi connectivity index (χ0) is 48.4. The van der Waals surface area contributed by atoms with Crippen molar-refractivity contribution in [2.24, 2.45) is 50.2 Å². The first kappa shape index (κ1) is 50.5. The highest BCUT2D eigenvalue weighted by Gasteiger charge is 2.72. The lowest BCUT2D eigenvalue weighted by atomic mass is 9.33. The van der Waals surface area contributed by atoms with Crippen LogP contribution < -0.4 is 0 Å². The predicted octanol–water partition coefficient (Wildman–Crippen LogP) is -0.157. The zero-order valence-electron chi connectivity index (χ0n) is 39.0. The lowest BCUT2D eigenvalue weighted by molar-refractivity contribution is -0.354. The van der Waals surface area contributed by atoms with E-state index in [1.54, 1.807) is 0 Å². The first-order valence-electron chi connectivity index (χ1n) is 23.8. The molecule has 19 heteroatoms. The molecule has 8 aliphatic rings. The van der Waals surface area contributed by atoms with Gasteiger partial charge in [0.25, 0.3) is 0 Å². The van der Waals surface area contributed by atoms with Gasteiger partial charge in [-0.15, -0.1) is 0 Å². The minimum absolute atomic E-state index is 0.0684. The smallest absolute Gasteiger partial charge is 0.335 e. The number of carbonyl (C=O) groups excluding carboxylic acids is 1. The van der Waals surface area contributed by atoms with Crippen molar-refractivity contribution < 1.29 is 94.2 Å². The zero-order valence-corrected chi connectivity index (χ0v) is 39.0. The van der Waals surface area contributed by atoms with Crippen molar-refractivity contribution >= 4 is 11.9 Å². The van der Waals surface area contributed by atoms with E-state index >= 15 is 0 Å². The Morgan fingerprint density at radius 2 is 1.38 bits per heavy atom. The minimum atomic E-state index is -1.87. The van der Waals surface area contributed by atoms with Crippen LogP contribution in [0, 0.1) is 50.2 Å². The van der Waals surface area contributed by atoms with Crippen molar-refractivity contribution in [3.8, 4) is 0 Å². The molecular weight excluding hydrogens is 868 g/mol. The van der Waals surface area contributed by atoms with Crippen LogP contribution in [0.25, 0.3) is 0 Å². The summed E-state index contributed by atoms with van der Waals surface area (Å²) in [5.74, 6) is -2.51. The number of ether oxygens (including phenoxy) is 6. The molecule has 0 aromatic carbocycles. The highest BCUT2D eigenvalue weighted by molar-refractivity contribution is 5.80. The van der Waals surface area contributed by atoms with Crippen LogP contribution in [0.4, 0.5) is 0 Å². The monoisotopic (exact) mass is 942 g/mol. The summed E-state index contributed by atoms with van der Waals surface area (Å²) in [7, 11) is 0. The van der Waals surface area contributed by atoms with E-state index in [1.165, 1.54) is 0 Å². The maximum absolute atomic E-state index is 14.7. The molecular formula is C47H74O19. The molecule has 0 aromatic heterocycles. The molecule has 8 rings (SSSR count). The van der Waals surface area contributed by atoms with Crippen molar-refractivity contribution in [1.29, 1.82) is 0 Å². The number of esters is 1. The van der Waals surface area contributed by atoms with Crippen molar-refractivity contribution in [3.63, 3.8) is 0 Å². The molecule has 3 saturated heterocycles. The summed E-state index contributed by atoms with van der Waals surface area (Å²) >= 11 is 0. The predicted molar refractivity (Wildman–Crippen MR) is 226 cm³/mol. The van der Waals surface area contributed by atoms with Crippen LogP contribution in [0.3, 0.4) is 0 Å². The van der Waals surface area contributed by atoms with E-state index in [0.29, 0.717) is 38.5 Å². The van der Waals surface area contributed by atoms with E-state index in [0.717, 1.165) is 18.4 Å². The molecule has 0 amide bonds. The third-order valence-corrected chi connectivity index (χ3v) is 18.9. The summed E-state index contributed by atoms with van der Waals surface area (Å²) in [6.45, 7) is 14.3. The molecule has 3 aliphatic heterocycles. The van der Waals surface area contributed by atoms with E-state index in [2.05, 4.69) is 54.5 Å². The van der Waals surface area contributed by atoms with Crippen LogP contribution in [0.15, 0.2) is 11.6 Å². The van der Waals surface area contributed by atoms with Crippen LogP contribution in [0.2, 0.25) is 0 Å². The second kappa shape index (κ2) is 17.4. The first-order valence-corrected chi connectivity index (χ1v) is 23.8. The Hall–Kier alpha value is -1.92. The van der Waals surface area contributed by atoms with Crippen LogP contribution in [0.5, 0.6) is 0 Å². The third-order valence-electron chi connectivity index (χ3n) is 18.9. The van der Waals surface area contributed by atoms with Crippen molar-refractivity contribution in [1.82, 2.24) is 0 Å². The van der Waals surface area contributed by atoms with E-state index in [9.17, 15) is 65.8 Å². The lowest BCUT2D eigenvalue weighted by Crippen LogP contribution is -2.68. The van der Waals surface area contributed by atoms with Crippen molar-refractivity contribution in [2.75, 3.05) is 13.2 Å². The van der Waals surface area contributed by atoms with Gasteiger partial charge >= 0.3 is 11.9 Å². The molecule has 66 heavy (non-hydrogen) atoms. The lowest BCUT2D eigenvalue weighted by Gasteiger charge is -2.71. The quantitative estimate of drug-likeness (QED) is 0.0856. The van der Waals surface area contributed by atoms with E-state index in [4.69, 9.17) is 28.4 Å². The second-order valence-electron chi connectivity index (χ2n) is 23.2. The average Bonchev–Trinajstić information content (AvgIpc) is 3.24. The Balaban J connectivity index is 1.03. The number of carboxylic acid groups (broad SMARTS) is 1. The van der Waals surface area contributed by atoms with E-state index < -0.39 is 146 Å². The second-order valence-corrected chi connectivity index (χ2v) is 23.2. The summed E-state index contributed by atoms with van der Waals surface area (Å²) in [6.07, 6.45) is -17.5. The van der Waals surface area contributed by atoms with Crippen molar-refractivity contribution in [2.45, 2.75) is 204 Å². The van der Waals surface area contributed by atoms with Gasteiger partial charge in [0, 0.05) is 0 Å². The number of allylic oxidation sites excluding steroid dienone is 2. The molecule has 0 unspecified atom stereocenters. The van der Waals surface area contributed by atoms with Gasteiger partial charge in [0.05, 0.1) is 25.4 Å². The summed E-state index contributed by atoms with van der Waals surface area (Å²) in [5.41, 5.74) is -2.18. The molecule has 19 nitrogen and oxygen atoms in total. The minimum Gasteiger partial charge on any atom is -0.479 e. The standard InChI is InChI=1S/C47H74O19/c1-42(2)14-15-47(41(60)66-39-33(56)30(53)29(52)23(18-48)62-39)21(16-42)20-8-9-25-44(5)12-11-27(43(3,4)24(44)10-13-45(25,6)46(20,7)17-26(47)50)63-40-34(57)31(54)35(36(65-40)37(58)59)64-38-32(55)28(51)22(49)19-61-38/h8,21-36,38-40,48-57H,9-19H2,1-7H3,(H,58,59)/t21-,22-,23-,24+,25-,26-,27-,28+,29-,30+,31-,32-,33-,34-,35+,36+,38+,39+,40-,44+,45-,46-,47-/m1/s1. The Morgan fingerprint density at radius 3 is 2.05 bits per heavy atom. The van der Waals surface area contributed by atoms with Gasteiger partial charge in [0.1, 0.15) is 66.5 Å². The number of aliphatic hydroxyl groups excluding tert-OH is 10. The van der Waals surface area contributed by atoms with Crippen LogP contribution >= 0.6 is 0 Å². The Kier molecular flexibility index (Phi) is 13.3. The fourth-order valence-corrected chi connectivity index (χ4v) is 14.8. The highest BCUT2D eigenvalue weighted by atomic mass is 16.7. The van der Waals surface area contributed by atoms with Gasteiger partial charge in [-0.05, 0) is 103 Å². The van der Waals surface area contributed by atoms with Gasteiger partial charge in [-0.2, -0.15) is 0 Å². The summed E-state index contributed by atoms with van der Waals surface area (Å²) in [5, 5.41) is 117. The number of rotatable bonds is 8. The number of hydrogen-bond donors (Lipinski definition) is 11. The molecule has 4 saturated carbocycles. The third kappa shape index (κ3) is 7.64. The average molecular weight is 943 g/mol. The van der Waals surface area contributed by atoms with Crippen molar-refractivity contribution in [3.05, 3.63) is 11.6 Å². The number of fused-ring (bicyclic) bond motifs is 7. The summed E-state index contributed by atoms with van der Waals surface area (Å²) in [6, 6.07) is 0. The molecule has 0 aromatic rings. The Labute approximate surface area is 385 Å². The number of hydrogen-bond acceptors (Lipinski definition) is 18. The number of carboxylic acids is 1. The van der Waals surface area contributed by atoms with E-state index in [1.807, 2.05) is 0 Å². The molecule has 11 N–H and O–H groups in total. The number of aliphatic hydroxyl groups is 10. The maximum atomic E-state index is 14.7. The van der Waals surface area contributed by atoms with Gasteiger partial charge in [-0.1, -0.05) is 60.1 Å². The molecule has 0 bridgehead atoms. The van der Waals surface area contributed by atoms with Crippen LogP contribution in [0.1, 0.15) is 106 Å². The number of carbonyl (C=O) groups is 2. The largest absolute Gasteiger partial charge is 0.479 e. The molecule has 23 atom stereocenters. The van der Waals surface area contributed by atoms with E-state index in [-0.39, 0.29) is 34.5 Å². The highest BCUT2D eigenvalue weighted by Crippen LogP contribution is 2.76. The van der Waals surface area contributed by atoms with Gasteiger partial charge in [-0.3, -0.25) is 4.79 Å². The molecule has 0 spiro atoms. The Bertz CT molecular complexity index is 1860. The fourth-order valence-electron chi connectivity index (χ4n) is 14.8. The molecule has 0 radical (unpaired) electrons.